The maximum absolute atomic E-state index is 11.4. The number of methoxy groups -OCH3 is 1. The van der Waals surface area contributed by atoms with E-state index in [0.717, 1.165) is 0 Å². The molecule has 0 aliphatic heterocycles. The van der Waals surface area contributed by atoms with Gasteiger partial charge in [0.25, 0.3) is 0 Å². The Morgan fingerprint density at radius 2 is 2.18 bits per heavy atom. The van der Waals surface area contributed by atoms with Crippen LogP contribution in [0.2, 0.25) is 5.02 Å². The van der Waals surface area contributed by atoms with Crippen molar-refractivity contribution in [2.45, 2.75) is 0 Å². The molecule has 0 unspecified atom stereocenters. The van der Waals surface area contributed by atoms with Crippen molar-refractivity contribution in [3.63, 3.8) is 0 Å². The molecule has 3 N–H and O–H groups in total. The largest absolute Gasteiger partial charge is 0.496 e. The van der Waals surface area contributed by atoms with Crippen LogP contribution in [0.4, 0.5) is 5.95 Å². The van der Waals surface area contributed by atoms with Crippen molar-refractivity contribution in [2.75, 3.05) is 12.8 Å². The van der Waals surface area contributed by atoms with E-state index in [2.05, 4.69) is 10.1 Å². The average Bonchev–Trinajstić information content (AvgIpc) is 2.85. The summed E-state index contributed by atoms with van der Waals surface area (Å²) in [5, 5.41) is 13.8. The molecule has 0 radical (unpaired) electrons. The number of rotatable bonds is 3. The highest BCUT2D eigenvalue weighted by atomic mass is 35.5. The summed E-state index contributed by atoms with van der Waals surface area (Å²) in [5.74, 6) is -0.564. The van der Waals surface area contributed by atoms with Crippen LogP contribution in [0, 0.1) is 0 Å². The lowest BCUT2D eigenvalue weighted by Gasteiger charge is -2.10. The number of pyridine rings is 1. The Morgan fingerprint density at radius 3 is 2.86 bits per heavy atom. The first-order valence-electron chi connectivity index (χ1n) is 6.22. The molecule has 3 aromatic rings. The van der Waals surface area contributed by atoms with E-state index in [4.69, 9.17) is 22.1 Å². The zero-order valence-electron chi connectivity index (χ0n) is 11.4. The van der Waals surface area contributed by atoms with Gasteiger partial charge in [-0.3, -0.25) is 0 Å². The molecule has 2 aromatic heterocycles. The van der Waals surface area contributed by atoms with Crippen LogP contribution in [0.1, 0.15) is 10.4 Å². The van der Waals surface area contributed by atoms with E-state index < -0.39 is 5.97 Å². The number of nitrogens with two attached hydrogens (primary N) is 1. The molecule has 0 amide bonds. The number of carboxylic acid groups (broad SMARTS) is 1. The van der Waals surface area contributed by atoms with Crippen molar-refractivity contribution in [3.05, 3.63) is 41.0 Å². The smallest absolute Gasteiger partial charge is 0.339 e. The number of hydrogen-bond acceptors (Lipinski definition) is 5. The van der Waals surface area contributed by atoms with Crippen LogP contribution in [-0.2, 0) is 0 Å². The monoisotopic (exact) mass is 318 g/mol. The molecule has 0 saturated heterocycles. The van der Waals surface area contributed by atoms with Gasteiger partial charge in [-0.15, -0.1) is 5.10 Å². The number of anilines is 1. The standard InChI is InChI=1S/C14H11ClN4O3/c1-22-11-3-2-8(15)5-9(11)7-4-10(13(20)21)12-17-14(16)18-19(12)6-7/h2-6H,1H3,(H2,16,18)(H,20,21). The van der Waals surface area contributed by atoms with Gasteiger partial charge in [0.05, 0.1) is 7.11 Å². The molecule has 112 valence electrons. The molecule has 2 heterocycles. The van der Waals surface area contributed by atoms with Crippen molar-refractivity contribution in [3.8, 4) is 16.9 Å². The minimum Gasteiger partial charge on any atom is -0.496 e. The second kappa shape index (κ2) is 5.19. The first kappa shape index (κ1) is 14.2. The van der Waals surface area contributed by atoms with Gasteiger partial charge in [-0.2, -0.15) is 4.98 Å². The molecule has 0 bridgehead atoms. The van der Waals surface area contributed by atoms with Gasteiger partial charge in [0, 0.05) is 22.3 Å². The highest BCUT2D eigenvalue weighted by molar-refractivity contribution is 6.31. The Bertz CT molecular complexity index is 891. The molecule has 0 aliphatic rings. The summed E-state index contributed by atoms with van der Waals surface area (Å²) in [6.07, 6.45) is 1.62. The van der Waals surface area contributed by atoms with E-state index in [1.807, 2.05) is 0 Å². The van der Waals surface area contributed by atoms with E-state index in [-0.39, 0.29) is 17.2 Å². The lowest BCUT2D eigenvalue weighted by Crippen LogP contribution is -2.03. The number of nitrogen functional groups attached to an aromatic ring is 1. The number of nitrogens with zero attached hydrogens (tertiary/aromatic N) is 3. The minimum atomic E-state index is -1.12. The van der Waals surface area contributed by atoms with Gasteiger partial charge in [-0.1, -0.05) is 11.6 Å². The third-order valence-electron chi connectivity index (χ3n) is 3.15. The minimum absolute atomic E-state index is 0.00212. The normalized spacial score (nSPS) is 10.8. The van der Waals surface area contributed by atoms with Crippen LogP contribution >= 0.6 is 11.6 Å². The van der Waals surface area contributed by atoms with Crippen molar-refractivity contribution < 1.29 is 14.6 Å². The molecule has 7 nitrogen and oxygen atoms in total. The van der Waals surface area contributed by atoms with E-state index in [1.165, 1.54) is 17.7 Å². The predicted octanol–water partition coefficient (Wildman–Crippen LogP) is 2.34. The summed E-state index contributed by atoms with van der Waals surface area (Å²) < 4.78 is 6.62. The maximum Gasteiger partial charge on any atom is 0.339 e. The number of carboxylic acids is 1. The fraction of sp³-hybridized carbons (Fsp3) is 0.0714. The highest BCUT2D eigenvalue weighted by Crippen LogP contribution is 2.33. The first-order valence-corrected chi connectivity index (χ1v) is 6.60. The highest BCUT2D eigenvalue weighted by Gasteiger charge is 2.17. The fourth-order valence-corrected chi connectivity index (χ4v) is 2.39. The summed E-state index contributed by atoms with van der Waals surface area (Å²) in [7, 11) is 1.52. The Hall–Kier alpha value is -2.80. The summed E-state index contributed by atoms with van der Waals surface area (Å²) in [5.41, 5.74) is 6.94. The molecule has 0 atom stereocenters. The van der Waals surface area contributed by atoms with Gasteiger partial charge in [0.1, 0.15) is 11.3 Å². The lowest BCUT2D eigenvalue weighted by molar-refractivity contribution is 0.0698. The van der Waals surface area contributed by atoms with Crippen molar-refractivity contribution in [2.24, 2.45) is 0 Å². The Morgan fingerprint density at radius 1 is 1.41 bits per heavy atom. The third-order valence-corrected chi connectivity index (χ3v) is 3.39. The second-order valence-electron chi connectivity index (χ2n) is 4.53. The summed E-state index contributed by atoms with van der Waals surface area (Å²) >= 11 is 6.02. The van der Waals surface area contributed by atoms with Crippen LogP contribution in [0.3, 0.4) is 0 Å². The second-order valence-corrected chi connectivity index (χ2v) is 4.97. The summed E-state index contributed by atoms with van der Waals surface area (Å²) in [6, 6.07) is 6.57. The van der Waals surface area contributed by atoms with Crippen molar-refractivity contribution in [1.29, 1.82) is 0 Å². The number of aromatic nitrogens is 3. The molecule has 0 spiro atoms. The first-order chi connectivity index (χ1) is 10.5. The van der Waals surface area contributed by atoms with Gasteiger partial charge >= 0.3 is 5.97 Å². The predicted molar refractivity (Wildman–Crippen MR) is 81.4 cm³/mol. The molecule has 3 rings (SSSR count). The van der Waals surface area contributed by atoms with E-state index in [9.17, 15) is 9.90 Å². The van der Waals surface area contributed by atoms with Crippen LogP contribution < -0.4 is 10.5 Å². The summed E-state index contributed by atoms with van der Waals surface area (Å²) in [4.78, 5) is 15.4. The molecule has 0 fully saturated rings. The Kier molecular flexibility index (Phi) is 3.34. The van der Waals surface area contributed by atoms with Gasteiger partial charge in [0.2, 0.25) is 5.95 Å². The quantitative estimate of drug-likeness (QED) is 0.768. The zero-order valence-corrected chi connectivity index (χ0v) is 12.2. The van der Waals surface area contributed by atoms with Gasteiger partial charge in [0.15, 0.2) is 5.65 Å². The number of ether oxygens (including phenoxy) is 1. The Labute approximate surface area is 129 Å². The summed E-state index contributed by atoms with van der Waals surface area (Å²) in [6.45, 7) is 0. The topological polar surface area (TPSA) is 103 Å². The molecular weight excluding hydrogens is 308 g/mol. The van der Waals surface area contributed by atoms with Crippen LogP contribution in [0.25, 0.3) is 16.8 Å². The zero-order chi connectivity index (χ0) is 15.9. The number of benzene rings is 1. The van der Waals surface area contributed by atoms with Crippen LogP contribution in [0.15, 0.2) is 30.5 Å². The molecule has 8 heteroatoms. The van der Waals surface area contributed by atoms with Crippen molar-refractivity contribution in [1.82, 2.24) is 14.6 Å². The van der Waals surface area contributed by atoms with E-state index in [1.54, 1.807) is 24.4 Å². The van der Waals surface area contributed by atoms with E-state index in [0.29, 0.717) is 21.9 Å². The molecule has 0 saturated carbocycles. The SMILES string of the molecule is COc1ccc(Cl)cc1-c1cc(C(=O)O)c2nc(N)nn2c1. The number of aromatic carboxylic acids is 1. The fourth-order valence-electron chi connectivity index (χ4n) is 2.21. The molecule has 0 aliphatic carbocycles. The maximum atomic E-state index is 11.4. The number of fused-ring (bicyclic) bond motifs is 1. The van der Waals surface area contributed by atoms with Gasteiger partial charge in [-0.05, 0) is 24.3 Å². The van der Waals surface area contributed by atoms with Gasteiger partial charge < -0.3 is 15.6 Å². The average molecular weight is 319 g/mol. The number of halogens is 1. The van der Waals surface area contributed by atoms with Crippen LogP contribution in [0.5, 0.6) is 5.75 Å². The lowest BCUT2D eigenvalue weighted by atomic mass is 10.0. The van der Waals surface area contributed by atoms with E-state index >= 15 is 0 Å². The molecule has 1 aromatic carbocycles. The number of carbonyl (C=O) groups is 1. The molecular formula is C14H11ClN4O3. The third kappa shape index (κ3) is 2.31. The Balaban J connectivity index is 2.32. The van der Waals surface area contributed by atoms with Gasteiger partial charge in [-0.25, -0.2) is 9.31 Å². The van der Waals surface area contributed by atoms with Crippen molar-refractivity contribution >= 4 is 29.2 Å². The number of hydrogen-bond donors (Lipinski definition) is 2. The molecule has 22 heavy (non-hydrogen) atoms. The van der Waals surface area contributed by atoms with Crippen LogP contribution in [-0.4, -0.2) is 32.8 Å².